The quantitative estimate of drug-likeness (QED) is 0.814. The minimum absolute atomic E-state index is 0.0781. The molecule has 1 unspecified atom stereocenters. The van der Waals surface area contributed by atoms with Gasteiger partial charge in [0.15, 0.2) is 0 Å². The number of hydrogen-bond acceptors (Lipinski definition) is 3. The number of halogens is 3. The summed E-state index contributed by atoms with van der Waals surface area (Å²) in [7, 11) is 0. The van der Waals surface area contributed by atoms with Crippen molar-refractivity contribution in [3.8, 4) is 0 Å². The van der Waals surface area contributed by atoms with E-state index in [0.717, 1.165) is 18.0 Å². The predicted molar refractivity (Wildman–Crippen MR) is 62.2 cm³/mol. The standard InChI is InChI=1S/C11H20F3N3O/c1-3-16(8-11(12,13)14)10(18)9(2)17-6-4-15-5-7-17/h9,15H,3-8H2,1-2H3. The number of likely N-dealkylation sites (N-methyl/N-ethyl adjacent to an activating group) is 1. The van der Waals surface area contributed by atoms with Crippen molar-refractivity contribution in [1.29, 1.82) is 0 Å². The molecule has 1 heterocycles. The molecule has 1 saturated heterocycles. The zero-order valence-electron chi connectivity index (χ0n) is 10.8. The molecule has 0 radical (unpaired) electrons. The first-order valence-corrected chi connectivity index (χ1v) is 6.15. The second-order valence-corrected chi connectivity index (χ2v) is 4.43. The molecule has 0 saturated carbocycles. The van der Waals surface area contributed by atoms with Crippen LogP contribution in [0.4, 0.5) is 13.2 Å². The maximum absolute atomic E-state index is 12.3. The minimum Gasteiger partial charge on any atom is -0.333 e. The van der Waals surface area contributed by atoms with Crippen molar-refractivity contribution in [3.63, 3.8) is 0 Å². The summed E-state index contributed by atoms with van der Waals surface area (Å²) in [5, 5.41) is 3.14. The topological polar surface area (TPSA) is 35.6 Å². The largest absolute Gasteiger partial charge is 0.406 e. The Hall–Kier alpha value is -0.820. The molecule has 0 aromatic rings. The lowest BCUT2D eigenvalue weighted by molar-refractivity contribution is -0.163. The van der Waals surface area contributed by atoms with Crippen LogP contribution in [0.2, 0.25) is 0 Å². The molecular formula is C11H20F3N3O. The number of carbonyl (C=O) groups is 1. The fourth-order valence-corrected chi connectivity index (χ4v) is 2.05. The third-order valence-electron chi connectivity index (χ3n) is 3.12. The van der Waals surface area contributed by atoms with Crippen molar-refractivity contribution < 1.29 is 18.0 Å². The van der Waals surface area contributed by atoms with Crippen LogP contribution in [0.3, 0.4) is 0 Å². The molecule has 1 N–H and O–H groups in total. The van der Waals surface area contributed by atoms with Crippen LogP contribution in [0, 0.1) is 0 Å². The van der Waals surface area contributed by atoms with Gasteiger partial charge in [0, 0.05) is 32.7 Å². The van der Waals surface area contributed by atoms with E-state index < -0.39 is 24.7 Å². The normalized spacial score (nSPS) is 19.6. The lowest BCUT2D eigenvalue weighted by Crippen LogP contribution is -2.54. The fraction of sp³-hybridized carbons (Fsp3) is 0.909. The first-order chi connectivity index (χ1) is 8.35. The summed E-state index contributed by atoms with van der Waals surface area (Å²) in [5.41, 5.74) is 0. The summed E-state index contributed by atoms with van der Waals surface area (Å²) in [5.74, 6) is -0.447. The van der Waals surface area contributed by atoms with Gasteiger partial charge < -0.3 is 10.2 Å². The van der Waals surface area contributed by atoms with Crippen molar-refractivity contribution in [1.82, 2.24) is 15.1 Å². The molecular weight excluding hydrogens is 247 g/mol. The molecule has 0 spiro atoms. The Balaban J connectivity index is 2.59. The summed E-state index contributed by atoms with van der Waals surface area (Å²) in [6.07, 6.45) is -4.34. The van der Waals surface area contributed by atoms with Crippen molar-refractivity contribution in [3.05, 3.63) is 0 Å². The van der Waals surface area contributed by atoms with E-state index in [1.165, 1.54) is 0 Å². The molecule has 1 aliphatic rings. The van der Waals surface area contributed by atoms with Gasteiger partial charge in [0.2, 0.25) is 5.91 Å². The molecule has 1 atom stereocenters. The molecule has 0 bridgehead atoms. The Labute approximate surface area is 105 Å². The summed E-state index contributed by atoms with van der Waals surface area (Å²) >= 11 is 0. The van der Waals surface area contributed by atoms with Crippen LogP contribution in [-0.2, 0) is 4.79 Å². The van der Waals surface area contributed by atoms with Gasteiger partial charge in [-0.3, -0.25) is 9.69 Å². The first kappa shape index (κ1) is 15.2. The maximum Gasteiger partial charge on any atom is 0.406 e. The molecule has 0 aromatic heterocycles. The van der Waals surface area contributed by atoms with E-state index >= 15 is 0 Å². The number of piperazine rings is 1. The molecule has 1 aliphatic heterocycles. The van der Waals surface area contributed by atoms with E-state index in [1.54, 1.807) is 13.8 Å². The van der Waals surface area contributed by atoms with Crippen molar-refractivity contribution in [2.45, 2.75) is 26.1 Å². The van der Waals surface area contributed by atoms with E-state index in [-0.39, 0.29) is 6.54 Å². The predicted octanol–water partition coefficient (Wildman–Crippen LogP) is 0.691. The van der Waals surface area contributed by atoms with Gasteiger partial charge >= 0.3 is 6.18 Å². The van der Waals surface area contributed by atoms with E-state index in [1.807, 2.05) is 4.90 Å². The summed E-state index contributed by atoms with van der Waals surface area (Å²) in [6, 6.07) is -0.491. The Kier molecular flexibility index (Phi) is 5.40. The molecule has 0 aromatic carbocycles. The smallest absolute Gasteiger partial charge is 0.333 e. The Morgan fingerprint density at radius 2 is 1.94 bits per heavy atom. The molecule has 106 valence electrons. The Morgan fingerprint density at radius 3 is 2.39 bits per heavy atom. The zero-order chi connectivity index (χ0) is 13.8. The average molecular weight is 267 g/mol. The lowest BCUT2D eigenvalue weighted by atomic mass is 10.2. The van der Waals surface area contributed by atoms with Crippen LogP contribution in [0.5, 0.6) is 0 Å². The van der Waals surface area contributed by atoms with Crippen LogP contribution < -0.4 is 5.32 Å². The van der Waals surface area contributed by atoms with Gasteiger partial charge in [-0.15, -0.1) is 0 Å². The van der Waals surface area contributed by atoms with E-state index in [0.29, 0.717) is 13.1 Å². The molecule has 7 heteroatoms. The summed E-state index contributed by atoms with van der Waals surface area (Å²) < 4.78 is 37.0. The number of hydrogen-bond donors (Lipinski definition) is 1. The zero-order valence-corrected chi connectivity index (χ0v) is 10.8. The van der Waals surface area contributed by atoms with Gasteiger partial charge in [0.05, 0.1) is 6.04 Å². The van der Waals surface area contributed by atoms with Crippen molar-refractivity contribution >= 4 is 5.91 Å². The molecule has 4 nitrogen and oxygen atoms in total. The lowest BCUT2D eigenvalue weighted by Gasteiger charge is -2.35. The number of rotatable bonds is 4. The van der Waals surface area contributed by atoms with Gasteiger partial charge in [-0.25, -0.2) is 0 Å². The van der Waals surface area contributed by atoms with Gasteiger partial charge in [0.1, 0.15) is 6.54 Å². The highest BCUT2D eigenvalue weighted by atomic mass is 19.4. The van der Waals surface area contributed by atoms with Crippen molar-refractivity contribution in [2.24, 2.45) is 0 Å². The molecule has 1 amide bonds. The molecule has 0 aliphatic carbocycles. The Bertz CT molecular complexity index is 277. The third-order valence-corrected chi connectivity index (χ3v) is 3.12. The SMILES string of the molecule is CCN(CC(F)(F)F)C(=O)C(C)N1CCNCC1. The monoisotopic (exact) mass is 267 g/mol. The fourth-order valence-electron chi connectivity index (χ4n) is 2.05. The third kappa shape index (κ3) is 4.45. The highest BCUT2D eigenvalue weighted by Gasteiger charge is 2.35. The molecule has 18 heavy (non-hydrogen) atoms. The first-order valence-electron chi connectivity index (χ1n) is 6.15. The van der Waals surface area contributed by atoms with Gasteiger partial charge in [-0.05, 0) is 13.8 Å². The Morgan fingerprint density at radius 1 is 1.39 bits per heavy atom. The molecule has 1 rings (SSSR count). The second kappa shape index (κ2) is 6.38. The van der Waals surface area contributed by atoms with Crippen LogP contribution in [0.25, 0.3) is 0 Å². The number of carbonyl (C=O) groups excluding carboxylic acids is 1. The van der Waals surface area contributed by atoms with Crippen LogP contribution in [0.1, 0.15) is 13.8 Å². The van der Waals surface area contributed by atoms with Crippen LogP contribution >= 0.6 is 0 Å². The summed E-state index contributed by atoms with van der Waals surface area (Å²) in [6.45, 7) is 5.06. The average Bonchev–Trinajstić information content (AvgIpc) is 2.34. The number of amides is 1. The van der Waals surface area contributed by atoms with Crippen LogP contribution in [0.15, 0.2) is 0 Å². The van der Waals surface area contributed by atoms with Crippen LogP contribution in [-0.4, -0.2) is 67.2 Å². The van der Waals surface area contributed by atoms with E-state index in [9.17, 15) is 18.0 Å². The summed E-state index contributed by atoms with van der Waals surface area (Å²) in [4.78, 5) is 14.8. The number of alkyl halides is 3. The van der Waals surface area contributed by atoms with E-state index in [2.05, 4.69) is 5.32 Å². The van der Waals surface area contributed by atoms with Crippen molar-refractivity contribution in [2.75, 3.05) is 39.3 Å². The minimum atomic E-state index is -4.34. The van der Waals surface area contributed by atoms with E-state index in [4.69, 9.17) is 0 Å². The number of nitrogens with zero attached hydrogens (tertiary/aromatic N) is 2. The highest BCUT2D eigenvalue weighted by Crippen LogP contribution is 2.17. The van der Waals surface area contributed by atoms with Gasteiger partial charge in [-0.1, -0.05) is 0 Å². The molecule has 1 fully saturated rings. The maximum atomic E-state index is 12.3. The van der Waals surface area contributed by atoms with Gasteiger partial charge in [0.25, 0.3) is 0 Å². The second-order valence-electron chi connectivity index (χ2n) is 4.43. The highest BCUT2D eigenvalue weighted by molar-refractivity contribution is 5.81. The van der Waals surface area contributed by atoms with Gasteiger partial charge in [-0.2, -0.15) is 13.2 Å². The number of nitrogens with one attached hydrogen (secondary N) is 1.